The first-order chi connectivity index (χ1) is 10.7. The zero-order chi connectivity index (χ0) is 15.8. The maximum Gasteiger partial charge on any atom is 0.321 e. The Balaban J connectivity index is 1.81. The first kappa shape index (κ1) is 15.6. The third-order valence-corrected chi connectivity index (χ3v) is 2.78. The molecule has 0 unspecified atom stereocenters. The Hall–Kier alpha value is -2.76. The minimum absolute atomic E-state index is 0.0369. The summed E-state index contributed by atoms with van der Waals surface area (Å²) in [6.45, 7) is 4.37. The molecule has 116 valence electrons. The lowest BCUT2D eigenvalue weighted by Crippen LogP contribution is -2.32. The predicted molar refractivity (Wildman–Crippen MR) is 84.2 cm³/mol. The summed E-state index contributed by atoms with van der Waals surface area (Å²) in [5, 5.41) is 5.28. The fourth-order valence-electron chi connectivity index (χ4n) is 1.74. The van der Waals surface area contributed by atoms with Crippen LogP contribution in [0.15, 0.2) is 42.6 Å². The van der Waals surface area contributed by atoms with Crippen LogP contribution >= 0.6 is 0 Å². The number of hydrogen-bond donors (Lipinski definition) is 2. The number of rotatable bonds is 6. The fraction of sp³-hybridized carbons (Fsp3) is 0.250. The van der Waals surface area contributed by atoms with Gasteiger partial charge in [-0.15, -0.1) is 0 Å². The van der Waals surface area contributed by atoms with Crippen molar-refractivity contribution in [2.45, 2.75) is 13.8 Å². The van der Waals surface area contributed by atoms with Crippen LogP contribution in [0.3, 0.4) is 0 Å². The van der Waals surface area contributed by atoms with E-state index in [1.165, 1.54) is 0 Å². The molecular weight excluding hydrogens is 282 g/mol. The van der Waals surface area contributed by atoms with Crippen LogP contribution in [0, 0.1) is 6.92 Å². The molecular formula is C16H19N3O3. The number of ether oxygens (including phenoxy) is 2. The number of nitrogens with zero attached hydrogens (tertiary/aromatic N) is 1. The summed E-state index contributed by atoms with van der Waals surface area (Å²) in [7, 11) is 0. The summed E-state index contributed by atoms with van der Waals surface area (Å²) in [6.07, 6.45) is 1.60. The van der Waals surface area contributed by atoms with Crippen LogP contribution in [0.1, 0.15) is 12.6 Å². The molecule has 0 spiro atoms. The highest BCUT2D eigenvalue weighted by molar-refractivity contribution is 5.88. The standard InChI is InChI=1S/C16H19N3O3/c1-3-21-14-6-4-5-7-15(14)22-11-18-16(20)19-13-9-8-12(2)17-10-13/h4-10H,3,11H2,1-2H3,(H2,18,19,20). The van der Waals surface area contributed by atoms with Gasteiger partial charge in [0.05, 0.1) is 18.5 Å². The number of amides is 2. The molecule has 2 amide bonds. The third kappa shape index (κ3) is 4.66. The first-order valence-corrected chi connectivity index (χ1v) is 7.01. The van der Waals surface area contributed by atoms with E-state index in [4.69, 9.17) is 9.47 Å². The van der Waals surface area contributed by atoms with Crippen molar-refractivity contribution in [3.05, 3.63) is 48.3 Å². The predicted octanol–water partition coefficient (Wildman–Crippen LogP) is 2.95. The van der Waals surface area contributed by atoms with Crippen molar-refractivity contribution < 1.29 is 14.3 Å². The monoisotopic (exact) mass is 301 g/mol. The van der Waals surface area contributed by atoms with Gasteiger partial charge in [-0.25, -0.2) is 4.79 Å². The van der Waals surface area contributed by atoms with Crippen molar-refractivity contribution in [3.8, 4) is 11.5 Å². The minimum Gasteiger partial charge on any atom is -0.490 e. The number of hydrogen-bond acceptors (Lipinski definition) is 4. The van der Waals surface area contributed by atoms with Crippen molar-refractivity contribution >= 4 is 11.7 Å². The van der Waals surface area contributed by atoms with Gasteiger partial charge in [0.1, 0.15) is 0 Å². The molecule has 0 saturated carbocycles. The second-order valence-electron chi connectivity index (χ2n) is 4.49. The molecule has 1 heterocycles. The van der Waals surface area contributed by atoms with E-state index in [1.807, 2.05) is 38.1 Å². The molecule has 0 radical (unpaired) electrons. The summed E-state index contributed by atoms with van der Waals surface area (Å²) in [6, 6.07) is 10.6. The molecule has 0 aliphatic rings. The number of aryl methyl sites for hydroxylation is 1. The number of para-hydroxylation sites is 2. The molecule has 0 atom stereocenters. The van der Waals surface area contributed by atoms with E-state index < -0.39 is 0 Å². The van der Waals surface area contributed by atoms with Crippen LogP contribution in [0.5, 0.6) is 11.5 Å². The van der Waals surface area contributed by atoms with E-state index in [2.05, 4.69) is 15.6 Å². The van der Waals surface area contributed by atoms with Gasteiger partial charge in [0.15, 0.2) is 18.2 Å². The Morgan fingerprint density at radius 1 is 1.14 bits per heavy atom. The lowest BCUT2D eigenvalue weighted by Gasteiger charge is -2.12. The van der Waals surface area contributed by atoms with E-state index >= 15 is 0 Å². The number of nitrogens with one attached hydrogen (secondary N) is 2. The smallest absolute Gasteiger partial charge is 0.321 e. The summed E-state index contributed by atoms with van der Waals surface area (Å²) < 4.78 is 10.9. The Morgan fingerprint density at radius 2 is 1.86 bits per heavy atom. The maximum atomic E-state index is 11.7. The average molecular weight is 301 g/mol. The van der Waals surface area contributed by atoms with Gasteiger partial charge in [-0.3, -0.25) is 4.98 Å². The van der Waals surface area contributed by atoms with Crippen molar-refractivity contribution in [2.24, 2.45) is 0 Å². The molecule has 6 nitrogen and oxygen atoms in total. The van der Waals surface area contributed by atoms with Gasteiger partial charge >= 0.3 is 6.03 Å². The van der Waals surface area contributed by atoms with Crippen LogP contribution in [0.4, 0.5) is 10.5 Å². The van der Waals surface area contributed by atoms with E-state index in [0.717, 1.165) is 5.69 Å². The quantitative estimate of drug-likeness (QED) is 0.805. The van der Waals surface area contributed by atoms with Gasteiger partial charge in [0.25, 0.3) is 0 Å². The number of pyridine rings is 1. The molecule has 0 aliphatic heterocycles. The SMILES string of the molecule is CCOc1ccccc1OCNC(=O)Nc1ccc(C)nc1. The van der Waals surface area contributed by atoms with Crippen LogP contribution in [0.2, 0.25) is 0 Å². The molecule has 0 saturated heterocycles. The van der Waals surface area contributed by atoms with Crippen molar-refractivity contribution in [3.63, 3.8) is 0 Å². The highest BCUT2D eigenvalue weighted by Crippen LogP contribution is 2.25. The lowest BCUT2D eigenvalue weighted by molar-refractivity contribution is 0.229. The van der Waals surface area contributed by atoms with Crippen molar-refractivity contribution in [2.75, 3.05) is 18.7 Å². The first-order valence-electron chi connectivity index (χ1n) is 7.01. The third-order valence-electron chi connectivity index (χ3n) is 2.78. The summed E-state index contributed by atoms with van der Waals surface area (Å²) in [5.74, 6) is 1.23. The molecule has 2 rings (SSSR count). The van der Waals surface area contributed by atoms with E-state index in [9.17, 15) is 4.79 Å². The Kier molecular flexibility index (Phi) is 5.59. The highest BCUT2D eigenvalue weighted by Gasteiger charge is 2.05. The van der Waals surface area contributed by atoms with E-state index in [1.54, 1.807) is 18.3 Å². The zero-order valence-electron chi connectivity index (χ0n) is 12.6. The molecule has 6 heteroatoms. The van der Waals surface area contributed by atoms with Crippen LogP contribution < -0.4 is 20.1 Å². The Morgan fingerprint density at radius 3 is 2.50 bits per heavy atom. The van der Waals surface area contributed by atoms with Crippen LogP contribution in [0.25, 0.3) is 0 Å². The van der Waals surface area contributed by atoms with E-state index in [0.29, 0.717) is 23.8 Å². The normalized spacial score (nSPS) is 9.91. The van der Waals surface area contributed by atoms with Gasteiger partial charge < -0.3 is 20.1 Å². The molecule has 1 aromatic heterocycles. The van der Waals surface area contributed by atoms with Crippen molar-refractivity contribution in [1.82, 2.24) is 10.3 Å². The summed E-state index contributed by atoms with van der Waals surface area (Å²) in [4.78, 5) is 15.8. The topological polar surface area (TPSA) is 72.5 Å². The molecule has 0 aliphatic carbocycles. The Labute approximate surface area is 129 Å². The number of anilines is 1. The van der Waals surface area contributed by atoms with E-state index in [-0.39, 0.29) is 12.8 Å². The van der Waals surface area contributed by atoms with Gasteiger partial charge in [0, 0.05) is 5.69 Å². The number of carbonyl (C=O) groups is 1. The zero-order valence-corrected chi connectivity index (χ0v) is 12.6. The van der Waals surface area contributed by atoms with Gasteiger partial charge in [-0.1, -0.05) is 12.1 Å². The number of urea groups is 1. The summed E-state index contributed by atoms with van der Waals surface area (Å²) >= 11 is 0. The Bertz CT molecular complexity index is 614. The molecule has 1 aromatic carbocycles. The largest absolute Gasteiger partial charge is 0.490 e. The second-order valence-corrected chi connectivity index (χ2v) is 4.49. The molecule has 0 fully saturated rings. The van der Waals surface area contributed by atoms with Crippen LogP contribution in [-0.4, -0.2) is 24.4 Å². The summed E-state index contributed by atoms with van der Waals surface area (Å²) in [5.41, 5.74) is 1.51. The number of benzene rings is 1. The molecule has 0 bridgehead atoms. The van der Waals surface area contributed by atoms with Gasteiger partial charge in [-0.05, 0) is 38.1 Å². The second kappa shape index (κ2) is 7.87. The fourth-order valence-corrected chi connectivity index (χ4v) is 1.74. The van der Waals surface area contributed by atoms with Crippen LogP contribution in [-0.2, 0) is 0 Å². The van der Waals surface area contributed by atoms with Gasteiger partial charge in [-0.2, -0.15) is 0 Å². The maximum absolute atomic E-state index is 11.7. The van der Waals surface area contributed by atoms with Crippen molar-refractivity contribution in [1.29, 1.82) is 0 Å². The highest BCUT2D eigenvalue weighted by atomic mass is 16.5. The number of carbonyl (C=O) groups excluding carboxylic acids is 1. The molecule has 2 aromatic rings. The average Bonchev–Trinajstić information content (AvgIpc) is 2.51. The minimum atomic E-state index is -0.362. The molecule has 2 N–H and O–H groups in total. The lowest BCUT2D eigenvalue weighted by atomic mass is 10.3. The number of aromatic nitrogens is 1. The van der Waals surface area contributed by atoms with Gasteiger partial charge in [0.2, 0.25) is 0 Å². The molecule has 22 heavy (non-hydrogen) atoms.